The van der Waals surface area contributed by atoms with Crippen LogP contribution in [-0.2, 0) is 4.74 Å². The number of hydrogen-bond acceptors (Lipinski definition) is 4. The van der Waals surface area contributed by atoms with Gasteiger partial charge in [-0.2, -0.15) is 5.10 Å². The fourth-order valence-corrected chi connectivity index (χ4v) is 1.93. The Balaban J connectivity index is 1.57. The van der Waals surface area contributed by atoms with E-state index in [0.717, 1.165) is 39.1 Å². The van der Waals surface area contributed by atoms with Gasteiger partial charge in [0, 0.05) is 18.3 Å². The van der Waals surface area contributed by atoms with E-state index < -0.39 is 0 Å². The van der Waals surface area contributed by atoms with Crippen LogP contribution in [-0.4, -0.2) is 50.0 Å². The first-order valence-corrected chi connectivity index (χ1v) is 7.04. The Labute approximate surface area is 119 Å². The fraction of sp³-hybridized carbons (Fsp3) is 0.467. The van der Waals surface area contributed by atoms with Gasteiger partial charge in [-0.1, -0.05) is 18.2 Å². The highest BCUT2D eigenvalue weighted by atomic mass is 16.5. The molecule has 20 heavy (non-hydrogen) atoms. The molecule has 0 unspecified atom stereocenters. The maximum atomic E-state index is 11.8. The molecule has 1 saturated heterocycles. The van der Waals surface area contributed by atoms with E-state index in [0.29, 0.717) is 12.1 Å². The van der Waals surface area contributed by atoms with Gasteiger partial charge in [-0.25, -0.2) is 0 Å². The van der Waals surface area contributed by atoms with Crippen molar-refractivity contribution in [2.24, 2.45) is 5.10 Å². The molecule has 0 radical (unpaired) electrons. The summed E-state index contributed by atoms with van der Waals surface area (Å²) in [6, 6.07) is 9.26. The summed E-state index contributed by atoms with van der Waals surface area (Å²) >= 11 is 0. The van der Waals surface area contributed by atoms with Gasteiger partial charge >= 0.3 is 0 Å². The van der Waals surface area contributed by atoms with Crippen LogP contribution in [0.25, 0.3) is 0 Å². The highest BCUT2D eigenvalue weighted by Crippen LogP contribution is 1.99. The Morgan fingerprint density at radius 2 is 2.05 bits per heavy atom. The predicted molar refractivity (Wildman–Crippen MR) is 78.9 cm³/mol. The van der Waals surface area contributed by atoms with E-state index in [4.69, 9.17) is 4.74 Å². The summed E-state index contributed by atoms with van der Waals surface area (Å²) in [5.74, 6) is -0.0179. The van der Waals surface area contributed by atoms with Crippen LogP contribution in [0.2, 0.25) is 0 Å². The number of morpholine rings is 1. The van der Waals surface area contributed by atoms with Crippen molar-refractivity contribution in [2.75, 3.05) is 32.8 Å². The Kier molecular flexibility index (Phi) is 6.05. The van der Waals surface area contributed by atoms with E-state index in [-0.39, 0.29) is 5.91 Å². The molecular formula is C15H21N3O2. The number of carbonyl (C=O) groups is 1. The molecule has 0 atom stereocenters. The third-order valence-corrected chi connectivity index (χ3v) is 3.06. The van der Waals surface area contributed by atoms with Crippen molar-refractivity contribution in [3.8, 4) is 0 Å². The zero-order chi connectivity index (χ0) is 14.0. The van der Waals surface area contributed by atoms with Gasteiger partial charge in [0.1, 0.15) is 0 Å². The Morgan fingerprint density at radius 3 is 2.80 bits per heavy atom. The molecule has 1 aliphatic rings. The molecule has 1 amide bonds. The van der Waals surface area contributed by atoms with Gasteiger partial charge in [0.05, 0.1) is 26.3 Å². The molecule has 2 rings (SSSR count). The van der Waals surface area contributed by atoms with Crippen molar-refractivity contribution in [3.05, 3.63) is 35.9 Å². The molecule has 1 aromatic rings. The van der Waals surface area contributed by atoms with Gasteiger partial charge in [-0.05, 0) is 25.0 Å². The number of benzene rings is 1. The number of hydrazone groups is 1. The molecule has 108 valence electrons. The topological polar surface area (TPSA) is 53.9 Å². The Hall–Kier alpha value is -1.88. The van der Waals surface area contributed by atoms with Crippen LogP contribution >= 0.6 is 0 Å². The molecule has 1 aromatic carbocycles. The average Bonchev–Trinajstić information content (AvgIpc) is 2.52. The van der Waals surface area contributed by atoms with E-state index in [2.05, 4.69) is 10.4 Å². The van der Waals surface area contributed by atoms with E-state index in [1.807, 2.05) is 41.6 Å². The van der Waals surface area contributed by atoms with Gasteiger partial charge in [-0.3, -0.25) is 9.80 Å². The summed E-state index contributed by atoms with van der Waals surface area (Å²) < 4.78 is 5.25. The molecule has 5 heteroatoms. The number of ether oxygens (including phenoxy) is 1. The lowest BCUT2D eigenvalue weighted by Gasteiger charge is -2.23. The summed E-state index contributed by atoms with van der Waals surface area (Å²) in [6.07, 6.45) is 3.68. The normalized spacial score (nSPS) is 15.5. The number of hydrogen-bond donors (Lipinski definition) is 1. The summed E-state index contributed by atoms with van der Waals surface area (Å²) in [7, 11) is 0. The first-order chi connectivity index (χ1) is 9.86. The van der Waals surface area contributed by atoms with Crippen LogP contribution in [0.5, 0.6) is 0 Å². The number of nitrogens with zero attached hydrogens (tertiary/aromatic N) is 2. The number of carbonyl (C=O) groups excluding carboxylic acids is 1. The lowest BCUT2D eigenvalue weighted by Crippen LogP contribution is -2.32. The summed E-state index contributed by atoms with van der Waals surface area (Å²) in [4.78, 5) is 11.8. The molecule has 1 aliphatic heterocycles. The molecule has 0 saturated carbocycles. The fourth-order valence-electron chi connectivity index (χ4n) is 1.93. The second-order valence-corrected chi connectivity index (χ2v) is 4.63. The lowest BCUT2D eigenvalue weighted by molar-refractivity contribution is 0.0395. The zero-order valence-electron chi connectivity index (χ0n) is 11.6. The number of rotatable bonds is 6. The van der Waals surface area contributed by atoms with Crippen molar-refractivity contribution >= 4 is 12.1 Å². The zero-order valence-corrected chi connectivity index (χ0v) is 11.6. The van der Waals surface area contributed by atoms with Crippen LogP contribution in [0.15, 0.2) is 35.4 Å². The average molecular weight is 275 g/mol. The third kappa shape index (κ3) is 5.01. The van der Waals surface area contributed by atoms with E-state index >= 15 is 0 Å². The first-order valence-electron chi connectivity index (χ1n) is 7.04. The minimum absolute atomic E-state index is 0.0179. The standard InChI is InChI=1S/C15H21N3O2/c19-15(14-6-2-1-3-7-14)16-8-4-5-9-17-18-10-12-20-13-11-18/h1-3,6-7,9H,4-5,8,10-13H2,(H,16,19)/b17-9+. The van der Waals surface area contributed by atoms with E-state index in [9.17, 15) is 4.79 Å². The molecule has 0 bridgehead atoms. The second kappa shape index (κ2) is 8.32. The second-order valence-electron chi connectivity index (χ2n) is 4.63. The molecule has 0 aromatic heterocycles. The number of amides is 1. The van der Waals surface area contributed by atoms with Crippen LogP contribution in [0.3, 0.4) is 0 Å². The van der Waals surface area contributed by atoms with Crippen molar-refractivity contribution in [2.45, 2.75) is 12.8 Å². The molecule has 0 aliphatic carbocycles. The van der Waals surface area contributed by atoms with Gasteiger partial charge in [0.15, 0.2) is 0 Å². The summed E-state index contributed by atoms with van der Waals surface area (Å²) in [6.45, 7) is 3.90. The Morgan fingerprint density at radius 1 is 1.30 bits per heavy atom. The molecule has 1 heterocycles. The minimum atomic E-state index is -0.0179. The monoisotopic (exact) mass is 275 g/mol. The van der Waals surface area contributed by atoms with Crippen LogP contribution in [0, 0.1) is 0 Å². The first kappa shape index (κ1) is 14.5. The maximum Gasteiger partial charge on any atom is 0.251 e. The van der Waals surface area contributed by atoms with Gasteiger partial charge in [0.2, 0.25) is 0 Å². The molecule has 1 fully saturated rings. The van der Waals surface area contributed by atoms with E-state index in [1.165, 1.54) is 0 Å². The van der Waals surface area contributed by atoms with Gasteiger partial charge in [0.25, 0.3) is 5.91 Å². The molecule has 1 N–H and O–H groups in total. The number of unbranched alkanes of at least 4 members (excludes halogenated alkanes) is 1. The maximum absolute atomic E-state index is 11.8. The highest BCUT2D eigenvalue weighted by Gasteiger charge is 2.06. The van der Waals surface area contributed by atoms with E-state index in [1.54, 1.807) is 0 Å². The van der Waals surface area contributed by atoms with Crippen LogP contribution in [0.4, 0.5) is 0 Å². The molecule has 0 spiro atoms. The minimum Gasteiger partial charge on any atom is -0.378 e. The number of nitrogens with one attached hydrogen (secondary N) is 1. The van der Waals surface area contributed by atoms with Crippen molar-refractivity contribution in [3.63, 3.8) is 0 Å². The third-order valence-electron chi connectivity index (χ3n) is 3.06. The quantitative estimate of drug-likeness (QED) is 0.632. The van der Waals surface area contributed by atoms with Gasteiger partial charge < -0.3 is 10.1 Å². The highest BCUT2D eigenvalue weighted by molar-refractivity contribution is 5.94. The van der Waals surface area contributed by atoms with Crippen LogP contribution in [0.1, 0.15) is 23.2 Å². The predicted octanol–water partition coefficient (Wildman–Crippen LogP) is 1.51. The van der Waals surface area contributed by atoms with Crippen molar-refractivity contribution in [1.82, 2.24) is 10.3 Å². The lowest BCUT2D eigenvalue weighted by atomic mass is 10.2. The molecule has 5 nitrogen and oxygen atoms in total. The Bertz CT molecular complexity index is 428. The largest absolute Gasteiger partial charge is 0.378 e. The van der Waals surface area contributed by atoms with Gasteiger partial charge in [-0.15, -0.1) is 0 Å². The van der Waals surface area contributed by atoms with Crippen molar-refractivity contribution in [1.29, 1.82) is 0 Å². The summed E-state index contributed by atoms with van der Waals surface area (Å²) in [5.41, 5.74) is 0.703. The van der Waals surface area contributed by atoms with Crippen LogP contribution < -0.4 is 5.32 Å². The van der Waals surface area contributed by atoms with Crippen molar-refractivity contribution < 1.29 is 9.53 Å². The smallest absolute Gasteiger partial charge is 0.251 e. The SMILES string of the molecule is O=C(NCCC/C=N/N1CCOCC1)c1ccccc1. The summed E-state index contributed by atoms with van der Waals surface area (Å²) in [5, 5.41) is 9.30. The molecular weight excluding hydrogens is 254 g/mol.